The maximum absolute atomic E-state index is 6.12. The second-order valence-electron chi connectivity index (χ2n) is 4.78. The summed E-state index contributed by atoms with van der Waals surface area (Å²) in [6.07, 6.45) is 0. The van der Waals surface area contributed by atoms with Crippen molar-refractivity contribution in [1.82, 2.24) is 15.1 Å². The molecule has 6 heteroatoms. The van der Waals surface area contributed by atoms with Gasteiger partial charge in [-0.3, -0.25) is 0 Å². The second kappa shape index (κ2) is 5.57. The Morgan fingerprint density at radius 1 is 1.32 bits per heavy atom. The van der Waals surface area contributed by atoms with Gasteiger partial charge < -0.3 is 9.84 Å². The first kappa shape index (κ1) is 13.8. The van der Waals surface area contributed by atoms with E-state index in [4.69, 9.17) is 16.1 Å². The lowest BCUT2D eigenvalue weighted by molar-refractivity contribution is 0.391. The summed E-state index contributed by atoms with van der Waals surface area (Å²) in [6, 6.07) is 1.88. The summed E-state index contributed by atoms with van der Waals surface area (Å²) < 4.78 is 5.02. The van der Waals surface area contributed by atoms with Crippen LogP contribution in [0.25, 0.3) is 0 Å². The number of hydrogen-bond acceptors (Lipinski definition) is 5. The van der Waals surface area contributed by atoms with E-state index in [-0.39, 0.29) is 5.92 Å². The summed E-state index contributed by atoms with van der Waals surface area (Å²) in [5, 5.41) is 7.63. The molecule has 0 fully saturated rings. The molecule has 2 aromatic heterocycles. The van der Waals surface area contributed by atoms with Crippen molar-refractivity contribution in [2.24, 2.45) is 0 Å². The van der Waals surface area contributed by atoms with Gasteiger partial charge in [0.1, 0.15) is 28.2 Å². The van der Waals surface area contributed by atoms with Crippen LogP contribution in [-0.2, 0) is 6.54 Å². The van der Waals surface area contributed by atoms with E-state index in [1.165, 1.54) is 0 Å². The van der Waals surface area contributed by atoms with Crippen molar-refractivity contribution in [1.29, 1.82) is 0 Å². The van der Waals surface area contributed by atoms with Gasteiger partial charge >= 0.3 is 0 Å². The Balaban J connectivity index is 2.19. The monoisotopic (exact) mass is 280 g/mol. The van der Waals surface area contributed by atoms with Crippen LogP contribution in [0.5, 0.6) is 0 Å². The van der Waals surface area contributed by atoms with Gasteiger partial charge in [0.15, 0.2) is 0 Å². The van der Waals surface area contributed by atoms with Crippen LogP contribution in [0.4, 0.5) is 5.82 Å². The van der Waals surface area contributed by atoms with Crippen LogP contribution >= 0.6 is 11.6 Å². The Hall–Kier alpha value is -1.62. The molecule has 2 rings (SSSR count). The minimum atomic E-state index is 0.230. The van der Waals surface area contributed by atoms with Crippen molar-refractivity contribution in [2.75, 3.05) is 5.32 Å². The zero-order valence-electron chi connectivity index (χ0n) is 11.5. The molecule has 2 heterocycles. The summed E-state index contributed by atoms with van der Waals surface area (Å²) in [5.74, 6) is 2.49. The van der Waals surface area contributed by atoms with Crippen molar-refractivity contribution < 1.29 is 4.52 Å². The van der Waals surface area contributed by atoms with Crippen molar-refractivity contribution in [3.63, 3.8) is 0 Å². The van der Waals surface area contributed by atoms with Crippen molar-refractivity contribution in [3.05, 3.63) is 34.1 Å². The van der Waals surface area contributed by atoms with Crippen LogP contribution in [0, 0.1) is 13.8 Å². The first-order valence-corrected chi connectivity index (χ1v) is 6.55. The van der Waals surface area contributed by atoms with E-state index in [2.05, 4.69) is 20.4 Å². The molecule has 102 valence electrons. The summed E-state index contributed by atoms with van der Waals surface area (Å²) in [6.45, 7) is 8.36. The van der Waals surface area contributed by atoms with Gasteiger partial charge in [-0.15, -0.1) is 0 Å². The van der Waals surface area contributed by atoms with Crippen LogP contribution in [0.1, 0.15) is 42.6 Å². The zero-order chi connectivity index (χ0) is 14.0. The molecule has 0 unspecified atom stereocenters. The number of hydrogen-bond donors (Lipinski definition) is 1. The second-order valence-corrected chi connectivity index (χ2v) is 5.14. The number of nitrogens with one attached hydrogen (secondary N) is 1. The van der Waals surface area contributed by atoms with Gasteiger partial charge in [-0.2, -0.15) is 0 Å². The van der Waals surface area contributed by atoms with Crippen LogP contribution in [-0.4, -0.2) is 15.1 Å². The van der Waals surface area contributed by atoms with E-state index in [0.717, 1.165) is 28.7 Å². The molecule has 0 spiro atoms. The summed E-state index contributed by atoms with van der Waals surface area (Å²) in [5.41, 5.74) is 1.67. The number of anilines is 1. The lowest BCUT2D eigenvalue weighted by Crippen LogP contribution is -2.08. The van der Waals surface area contributed by atoms with E-state index in [1.54, 1.807) is 0 Å². The Morgan fingerprint density at radius 3 is 2.63 bits per heavy atom. The standard InChI is InChI=1S/C13H17ClN4O/c1-7(2)12-16-11(14)9(4)13(17-12)15-6-10-5-8(3)19-18-10/h5,7H,6H2,1-4H3,(H,15,16,17). The molecule has 0 aliphatic carbocycles. The maximum Gasteiger partial charge on any atom is 0.137 e. The molecule has 5 nitrogen and oxygen atoms in total. The smallest absolute Gasteiger partial charge is 0.137 e. The van der Waals surface area contributed by atoms with Crippen molar-refractivity contribution in [3.8, 4) is 0 Å². The quantitative estimate of drug-likeness (QED) is 0.869. The average Bonchev–Trinajstić information content (AvgIpc) is 2.76. The summed E-state index contributed by atoms with van der Waals surface area (Å²) in [4.78, 5) is 8.76. The van der Waals surface area contributed by atoms with Crippen molar-refractivity contribution >= 4 is 17.4 Å². The normalized spacial score (nSPS) is 11.1. The molecule has 0 aromatic carbocycles. The molecule has 0 saturated carbocycles. The van der Waals surface area contributed by atoms with Crippen LogP contribution in [0.2, 0.25) is 5.15 Å². The Morgan fingerprint density at radius 2 is 2.05 bits per heavy atom. The molecule has 2 aromatic rings. The van der Waals surface area contributed by atoms with Crippen LogP contribution in [0.15, 0.2) is 10.6 Å². The third-order valence-corrected chi connectivity index (χ3v) is 3.10. The van der Waals surface area contributed by atoms with Gasteiger partial charge in [-0.1, -0.05) is 30.6 Å². The molecule has 19 heavy (non-hydrogen) atoms. The predicted octanol–water partition coefficient (Wildman–Crippen LogP) is 3.47. The fourth-order valence-corrected chi connectivity index (χ4v) is 1.79. The summed E-state index contributed by atoms with van der Waals surface area (Å²) >= 11 is 6.12. The van der Waals surface area contributed by atoms with Crippen molar-refractivity contribution in [2.45, 2.75) is 40.2 Å². The van der Waals surface area contributed by atoms with Gasteiger partial charge in [-0.05, 0) is 13.8 Å². The predicted molar refractivity (Wildman–Crippen MR) is 74.4 cm³/mol. The third-order valence-electron chi connectivity index (χ3n) is 2.73. The molecule has 0 amide bonds. The average molecular weight is 281 g/mol. The van der Waals surface area contributed by atoms with Gasteiger partial charge in [0.2, 0.25) is 0 Å². The van der Waals surface area contributed by atoms with E-state index in [9.17, 15) is 0 Å². The molecule has 0 radical (unpaired) electrons. The third kappa shape index (κ3) is 3.23. The highest BCUT2D eigenvalue weighted by Crippen LogP contribution is 2.23. The Kier molecular flexibility index (Phi) is 4.04. The van der Waals surface area contributed by atoms with E-state index >= 15 is 0 Å². The highest BCUT2D eigenvalue weighted by Gasteiger charge is 2.12. The number of aryl methyl sites for hydroxylation is 1. The van der Waals surface area contributed by atoms with E-state index in [0.29, 0.717) is 11.7 Å². The van der Waals surface area contributed by atoms with Gasteiger partial charge in [0.05, 0.1) is 6.54 Å². The first-order valence-electron chi connectivity index (χ1n) is 6.17. The summed E-state index contributed by atoms with van der Waals surface area (Å²) in [7, 11) is 0. The fraction of sp³-hybridized carbons (Fsp3) is 0.462. The van der Waals surface area contributed by atoms with Crippen LogP contribution < -0.4 is 5.32 Å². The molecule has 1 N–H and O–H groups in total. The largest absolute Gasteiger partial charge is 0.364 e. The Labute approximate surface area is 117 Å². The van der Waals surface area contributed by atoms with Gasteiger partial charge in [0, 0.05) is 17.5 Å². The number of nitrogens with zero attached hydrogens (tertiary/aromatic N) is 3. The molecule has 0 aliphatic heterocycles. The number of aromatic nitrogens is 3. The molecular formula is C13H17ClN4O. The fourth-order valence-electron chi connectivity index (χ4n) is 1.61. The molecular weight excluding hydrogens is 264 g/mol. The van der Waals surface area contributed by atoms with E-state index < -0.39 is 0 Å². The van der Waals surface area contributed by atoms with Crippen LogP contribution in [0.3, 0.4) is 0 Å². The minimum absolute atomic E-state index is 0.230. The topological polar surface area (TPSA) is 63.8 Å². The lowest BCUT2D eigenvalue weighted by Gasteiger charge is -2.12. The molecule has 0 atom stereocenters. The molecule has 0 aliphatic rings. The number of rotatable bonds is 4. The van der Waals surface area contributed by atoms with Gasteiger partial charge in [0.25, 0.3) is 0 Å². The highest BCUT2D eigenvalue weighted by molar-refractivity contribution is 6.30. The highest BCUT2D eigenvalue weighted by atomic mass is 35.5. The SMILES string of the molecule is Cc1cc(CNc2nc(C(C)C)nc(Cl)c2C)no1. The minimum Gasteiger partial charge on any atom is -0.364 e. The Bertz CT molecular complexity index is 580. The van der Waals surface area contributed by atoms with E-state index in [1.807, 2.05) is 33.8 Å². The zero-order valence-corrected chi connectivity index (χ0v) is 12.2. The number of halogens is 1. The molecule has 0 saturated heterocycles. The van der Waals surface area contributed by atoms with Gasteiger partial charge in [-0.25, -0.2) is 9.97 Å². The lowest BCUT2D eigenvalue weighted by atomic mass is 10.2. The first-order chi connectivity index (χ1) is 8.97. The molecule has 0 bridgehead atoms. The maximum atomic E-state index is 6.12.